The molecule has 1 saturated heterocycles. The van der Waals surface area contributed by atoms with Crippen molar-refractivity contribution in [2.24, 2.45) is 0 Å². The molecular formula is C21H25N5O2. The van der Waals surface area contributed by atoms with Gasteiger partial charge in [-0.15, -0.1) is 0 Å². The molecule has 28 heavy (non-hydrogen) atoms. The molecule has 1 aromatic heterocycles. The van der Waals surface area contributed by atoms with Gasteiger partial charge in [0.1, 0.15) is 5.82 Å². The number of rotatable bonds is 4. The lowest BCUT2D eigenvalue weighted by atomic mass is 10.0. The first kappa shape index (κ1) is 18.6. The van der Waals surface area contributed by atoms with E-state index in [1.807, 2.05) is 30.0 Å². The van der Waals surface area contributed by atoms with E-state index in [0.717, 1.165) is 55.2 Å². The normalized spacial score (nSPS) is 19.6. The number of hydrogen-bond donors (Lipinski definition) is 0. The first-order chi connectivity index (χ1) is 13.5. The summed E-state index contributed by atoms with van der Waals surface area (Å²) >= 11 is 0. The molecule has 0 N–H and O–H groups in total. The average molecular weight is 379 g/mol. The van der Waals surface area contributed by atoms with Crippen LogP contribution in [0.25, 0.3) is 0 Å². The maximum Gasteiger partial charge on any atom is 0.224 e. The second-order valence-electron chi connectivity index (χ2n) is 7.54. The third-order valence-corrected chi connectivity index (χ3v) is 5.57. The minimum atomic E-state index is 0.0475. The van der Waals surface area contributed by atoms with Crippen LogP contribution in [-0.2, 0) is 11.2 Å². The zero-order valence-corrected chi connectivity index (χ0v) is 16.3. The summed E-state index contributed by atoms with van der Waals surface area (Å²) in [5.74, 6) is 1.06. The molecule has 0 spiro atoms. The quantitative estimate of drug-likeness (QED) is 0.755. The highest BCUT2D eigenvalue weighted by Crippen LogP contribution is 2.33. The largest absolute Gasteiger partial charge is 0.353 e. The second kappa shape index (κ2) is 7.67. The Hall–Kier alpha value is -2.80. The van der Waals surface area contributed by atoms with Gasteiger partial charge >= 0.3 is 0 Å². The summed E-state index contributed by atoms with van der Waals surface area (Å²) in [5.41, 5.74) is 2.75. The van der Waals surface area contributed by atoms with Gasteiger partial charge in [-0.05, 0) is 37.1 Å². The molecule has 7 nitrogen and oxygen atoms in total. The van der Waals surface area contributed by atoms with Gasteiger partial charge in [0.05, 0.1) is 12.7 Å². The average Bonchev–Trinajstić information content (AvgIpc) is 3.04. The molecule has 4 rings (SSSR count). The number of fused-ring (bicyclic) bond motifs is 1. The van der Waals surface area contributed by atoms with Crippen molar-refractivity contribution < 1.29 is 9.59 Å². The Morgan fingerprint density at radius 2 is 1.93 bits per heavy atom. The summed E-state index contributed by atoms with van der Waals surface area (Å²) in [7, 11) is 0. The number of carbonyl (C=O) groups is 2. The van der Waals surface area contributed by atoms with Gasteiger partial charge < -0.3 is 9.80 Å². The van der Waals surface area contributed by atoms with Crippen molar-refractivity contribution in [2.75, 3.05) is 42.5 Å². The van der Waals surface area contributed by atoms with Crippen molar-refractivity contribution in [3.05, 3.63) is 47.9 Å². The zero-order valence-electron chi connectivity index (χ0n) is 16.3. The number of aromatic nitrogens is 2. The van der Waals surface area contributed by atoms with Crippen LogP contribution in [0.2, 0.25) is 0 Å². The third-order valence-electron chi connectivity index (χ3n) is 5.57. The van der Waals surface area contributed by atoms with Crippen molar-refractivity contribution in [2.45, 2.75) is 26.3 Å². The molecule has 2 aliphatic rings. The molecule has 0 bridgehead atoms. The van der Waals surface area contributed by atoms with Crippen LogP contribution in [0.5, 0.6) is 0 Å². The van der Waals surface area contributed by atoms with E-state index < -0.39 is 0 Å². The highest BCUT2D eigenvalue weighted by Gasteiger charge is 2.29. The van der Waals surface area contributed by atoms with Crippen molar-refractivity contribution in [3.63, 3.8) is 0 Å². The SMILES string of the molecule is CC(=O)N1c2ccc(C(=O)CN3CCN(c4cnccn4)CC3)cc2CC1C. The number of anilines is 2. The van der Waals surface area contributed by atoms with Crippen molar-refractivity contribution in [3.8, 4) is 0 Å². The number of Topliss-reactive ketones (excluding diaryl/α,β-unsaturated/α-hetero) is 1. The van der Waals surface area contributed by atoms with E-state index in [2.05, 4.69) is 19.8 Å². The Balaban J connectivity index is 1.38. The van der Waals surface area contributed by atoms with Gasteiger partial charge in [0.2, 0.25) is 5.91 Å². The summed E-state index contributed by atoms with van der Waals surface area (Å²) in [6.45, 7) is 7.36. The first-order valence-electron chi connectivity index (χ1n) is 9.72. The molecule has 1 unspecified atom stereocenters. The van der Waals surface area contributed by atoms with Gasteiger partial charge in [-0.3, -0.25) is 19.5 Å². The lowest BCUT2D eigenvalue weighted by Gasteiger charge is -2.34. The summed E-state index contributed by atoms with van der Waals surface area (Å²) in [5, 5.41) is 0. The van der Waals surface area contributed by atoms with Crippen LogP contribution in [0.3, 0.4) is 0 Å². The molecular weight excluding hydrogens is 354 g/mol. The third kappa shape index (κ3) is 3.62. The Morgan fingerprint density at radius 1 is 1.14 bits per heavy atom. The molecule has 2 aromatic rings. The molecule has 146 valence electrons. The predicted octanol–water partition coefficient (Wildman–Crippen LogP) is 1.78. The van der Waals surface area contributed by atoms with Gasteiger partial charge in [0, 0.05) is 62.8 Å². The zero-order chi connectivity index (χ0) is 19.7. The summed E-state index contributed by atoms with van der Waals surface area (Å²) in [4.78, 5) is 39.3. The molecule has 0 aliphatic carbocycles. The van der Waals surface area contributed by atoms with Gasteiger partial charge in [0.25, 0.3) is 0 Å². The second-order valence-corrected chi connectivity index (χ2v) is 7.54. The van der Waals surface area contributed by atoms with Crippen LogP contribution in [0.4, 0.5) is 11.5 Å². The van der Waals surface area contributed by atoms with Crippen molar-refractivity contribution in [1.82, 2.24) is 14.9 Å². The smallest absolute Gasteiger partial charge is 0.224 e. The minimum Gasteiger partial charge on any atom is -0.353 e. The summed E-state index contributed by atoms with van der Waals surface area (Å²) in [6.07, 6.45) is 5.95. The number of nitrogens with zero attached hydrogens (tertiary/aromatic N) is 5. The first-order valence-corrected chi connectivity index (χ1v) is 9.72. The number of hydrogen-bond acceptors (Lipinski definition) is 6. The Bertz CT molecular complexity index is 878. The Labute approximate surface area is 165 Å². The van der Waals surface area contributed by atoms with Crippen LogP contribution in [-0.4, -0.2) is 65.3 Å². The van der Waals surface area contributed by atoms with E-state index in [0.29, 0.717) is 6.54 Å². The lowest BCUT2D eigenvalue weighted by molar-refractivity contribution is -0.116. The molecule has 3 heterocycles. The number of benzene rings is 1. The molecule has 1 amide bonds. The fraction of sp³-hybridized carbons (Fsp3) is 0.429. The van der Waals surface area contributed by atoms with E-state index in [1.54, 1.807) is 25.5 Å². The van der Waals surface area contributed by atoms with Crippen LogP contribution < -0.4 is 9.80 Å². The monoisotopic (exact) mass is 379 g/mol. The molecule has 1 aromatic carbocycles. The van der Waals surface area contributed by atoms with Gasteiger partial charge in [-0.25, -0.2) is 4.98 Å². The van der Waals surface area contributed by atoms with E-state index in [1.165, 1.54) is 0 Å². The molecule has 0 saturated carbocycles. The van der Waals surface area contributed by atoms with E-state index in [9.17, 15) is 9.59 Å². The van der Waals surface area contributed by atoms with Crippen LogP contribution >= 0.6 is 0 Å². The maximum atomic E-state index is 12.8. The Morgan fingerprint density at radius 3 is 2.61 bits per heavy atom. The molecule has 2 aliphatic heterocycles. The van der Waals surface area contributed by atoms with E-state index in [4.69, 9.17) is 0 Å². The predicted molar refractivity (Wildman–Crippen MR) is 108 cm³/mol. The maximum absolute atomic E-state index is 12.8. The van der Waals surface area contributed by atoms with Gasteiger partial charge in [0.15, 0.2) is 5.78 Å². The highest BCUT2D eigenvalue weighted by atomic mass is 16.2. The molecule has 0 radical (unpaired) electrons. The Kier molecular flexibility index (Phi) is 5.09. The van der Waals surface area contributed by atoms with E-state index in [-0.39, 0.29) is 17.7 Å². The highest BCUT2D eigenvalue weighted by molar-refractivity contribution is 6.00. The standard InChI is InChI=1S/C21H25N5O2/c1-15-11-18-12-17(3-4-19(18)26(15)16(2)27)20(28)14-24-7-9-25(10-8-24)21-13-22-5-6-23-21/h3-6,12-13,15H,7-11,14H2,1-2H3. The van der Waals surface area contributed by atoms with Crippen LogP contribution in [0.15, 0.2) is 36.8 Å². The number of piperazine rings is 1. The minimum absolute atomic E-state index is 0.0475. The topological polar surface area (TPSA) is 69.6 Å². The van der Waals surface area contributed by atoms with Gasteiger partial charge in [-0.1, -0.05) is 0 Å². The molecule has 7 heteroatoms. The summed E-state index contributed by atoms with van der Waals surface area (Å²) in [6, 6.07) is 5.88. The molecule has 1 fully saturated rings. The fourth-order valence-electron chi connectivity index (χ4n) is 4.17. The number of amides is 1. The number of carbonyl (C=O) groups excluding carboxylic acids is 2. The number of ketones is 1. The summed E-state index contributed by atoms with van der Waals surface area (Å²) < 4.78 is 0. The van der Waals surface area contributed by atoms with Gasteiger partial charge in [-0.2, -0.15) is 0 Å². The van der Waals surface area contributed by atoms with Crippen LogP contribution in [0, 0.1) is 0 Å². The lowest BCUT2D eigenvalue weighted by Crippen LogP contribution is -2.48. The van der Waals surface area contributed by atoms with Crippen molar-refractivity contribution >= 4 is 23.2 Å². The van der Waals surface area contributed by atoms with Crippen LogP contribution in [0.1, 0.15) is 29.8 Å². The van der Waals surface area contributed by atoms with Crippen molar-refractivity contribution in [1.29, 1.82) is 0 Å². The molecule has 1 atom stereocenters. The fourth-order valence-corrected chi connectivity index (χ4v) is 4.17. The van der Waals surface area contributed by atoms with E-state index >= 15 is 0 Å².